The fourth-order valence-corrected chi connectivity index (χ4v) is 10.5. The summed E-state index contributed by atoms with van der Waals surface area (Å²) in [7, 11) is 0. The van der Waals surface area contributed by atoms with E-state index in [1.54, 1.807) is 0 Å². The summed E-state index contributed by atoms with van der Waals surface area (Å²) in [5.74, 6) is 0. The van der Waals surface area contributed by atoms with Gasteiger partial charge >= 0.3 is 0 Å². The van der Waals surface area contributed by atoms with E-state index in [4.69, 9.17) is 0 Å². The van der Waals surface area contributed by atoms with Crippen LogP contribution in [-0.2, 0) is 10.8 Å². The molecule has 0 aliphatic heterocycles. The maximum atomic E-state index is 2.55. The lowest BCUT2D eigenvalue weighted by molar-refractivity contribution is 0.332. The van der Waals surface area contributed by atoms with Crippen LogP contribution in [0.15, 0.2) is 176 Å². The zero-order valence-corrected chi connectivity index (χ0v) is 33.3. The van der Waals surface area contributed by atoms with Crippen LogP contribution in [0.3, 0.4) is 0 Å². The van der Waals surface area contributed by atoms with Crippen molar-refractivity contribution in [1.82, 2.24) is 0 Å². The molecule has 0 unspecified atom stereocenters. The van der Waals surface area contributed by atoms with Gasteiger partial charge in [-0.3, -0.25) is 0 Å². The van der Waals surface area contributed by atoms with Crippen LogP contribution < -0.4 is 4.90 Å². The van der Waals surface area contributed by atoms with E-state index >= 15 is 0 Å². The molecule has 1 heterocycles. The smallest absolute Gasteiger partial charge is 0.0618 e. The maximum Gasteiger partial charge on any atom is 0.0618 e. The maximum absolute atomic E-state index is 2.55. The topological polar surface area (TPSA) is 3.24 Å². The molecular weight excluding hydrogens is 695 g/mol. The van der Waals surface area contributed by atoms with E-state index in [9.17, 15) is 0 Å². The van der Waals surface area contributed by atoms with Crippen LogP contribution in [0.5, 0.6) is 0 Å². The van der Waals surface area contributed by atoms with Gasteiger partial charge in [0.05, 0.1) is 17.1 Å². The van der Waals surface area contributed by atoms with Crippen molar-refractivity contribution in [2.75, 3.05) is 4.90 Å². The Balaban J connectivity index is 1.29. The molecule has 0 fully saturated rings. The van der Waals surface area contributed by atoms with Crippen LogP contribution in [0.25, 0.3) is 64.3 Å². The summed E-state index contributed by atoms with van der Waals surface area (Å²) >= 11 is 1.95. The van der Waals surface area contributed by atoms with Crippen molar-refractivity contribution in [2.24, 2.45) is 0 Å². The average Bonchev–Trinajstić information content (AvgIpc) is 3.61. The normalized spacial score (nSPS) is 14.6. The average molecular weight is 740 g/mol. The lowest BCUT2D eigenvalue weighted by Gasteiger charge is -2.41. The SMILES string of the molecule is CC1(C)CCC(C)(C)c2cc3c(cc21)sc1c(-c2ccccc2N(c2c(-c4ccccc4)cccc2-c2ccccc2)c2cccc4ccccc24)cccc13. The Morgan fingerprint density at radius 1 is 0.429 bits per heavy atom. The second kappa shape index (κ2) is 13.4. The van der Waals surface area contributed by atoms with Gasteiger partial charge in [-0.15, -0.1) is 11.3 Å². The van der Waals surface area contributed by atoms with E-state index in [-0.39, 0.29) is 10.8 Å². The molecule has 0 bridgehead atoms. The van der Waals surface area contributed by atoms with Crippen LogP contribution in [0.4, 0.5) is 17.1 Å². The zero-order chi connectivity index (χ0) is 38.0. The van der Waals surface area contributed by atoms with E-state index in [1.165, 1.54) is 88.3 Å². The first-order chi connectivity index (χ1) is 27.3. The van der Waals surface area contributed by atoms with Gasteiger partial charge in [0, 0.05) is 47.8 Å². The third-order valence-corrected chi connectivity index (χ3v) is 13.5. The van der Waals surface area contributed by atoms with Gasteiger partial charge in [0.1, 0.15) is 0 Å². The standard InChI is InChI=1S/C54H45NS/c1-53(2)32-33-54(3,4)47-35-50-45(34-46(47)53)44-29-17-28-43(52(44)56-50)42-25-13-14-30-49(42)55(48-31-15-23-36-22-11-12-24-39(36)48)51-40(37-18-7-5-8-19-37)26-16-27-41(51)38-20-9-6-10-21-38/h5-31,34-35H,32-33H2,1-4H3. The summed E-state index contributed by atoms with van der Waals surface area (Å²) in [5, 5.41) is 5.14. The molecular formula is C54H45NS. The largest absolute Gasteiger partial charge is 0.308 e. The summed E-state index contributed by atoms with van der Waals surface area (Å²) in [5.41, 5.74) is 14.0. The summed E-state index contributed by atoms with van der Waals surface area (Å²) < 4.78 is 2.71. The first-order valence-corrected chi connectivity index (χ1v) is 20.7. The van der Waals surface area contributed by atoms with Gasteiger partial charge in [0.2, 0.25) is 0 Å². The third kappa shape index (κ3) is 5.66. The lowest BCUT2D eigenvalue weighted by atomic mass is 9.63. The summed E-state index contributed by atoms with van der Waals surface area (Å²) in [6, 6.07) is 65.1. The fourth-order valence-electron chi connectivity index (χ4n) is 9.23. The van der Waals surface area contributed by atoms with Crippen LogP contribution >= 0.6 is 11.3 Å². The fraction of sp³-hybridized carbons (Fsp3) is 0.148. The number of benzene rings is 8. The monoisotopic (exact) mass is 739 g/mol. The molecule has 10 rings (SSSR count). The van der Waals surface area contributed by atoms with Gasteiger partial charge in [-0.25, -0.2) is 0 Å². The first kappa shape index (κ1) is 34.5. The minimum absolute atomic E-state index is 0.152. The number of hydrogen-bond acceptors (Lipinski definition) is 2. The quantitative estimate of drug-likeness (QED) is 0.164. The molecule has 0 saturated heterocycles. The Kier molecular flexibility index (Phi) is 8.24. The third-order valence-electron chi connectivity index (χ3n) is 12.3. The molecule has 0 N–H and O–H groups in total. The highest BCUT2D eigenvalue weighted by Crippen LogP contribution is 2.53. The molecule has 9 aromatic rings. The van der Waals surface area contributed by atoms with Crippen molar-refractivity contribution < 1.29 is 0 Å². The summed E-state index contributed by atoms with van der Waals surface area (Å²) in [4.78, 5) is 2.55. The van der Waals surface area contributed by atoms with Gasteiger partial charge in [0.15, 0.2) is 0 Å². The highest BCUT2D eigenvalue weighted by molar-refractivity contribution is 7.26. The number of para-hydroxylation sites is 2. The van der Waals surface area contributed by atoms with Gasteiger partial charge in [-0.1, -0.05) is 179 Å². The van der Waals surface area contributed by atoms with Gasteiger partial charge in [-0.05, 0) is 75.6 Å². The predicted molar refractivity (Wildman–Crippen MR) is 243 cm³/mol. The number of fused-ring (bicyclic) bond motifs is 5. The van der Waals surface area contributed by atoms with Gasteiger partial charge in [-0.2, -0.15) is 0 Å². The van der Waals surface area contributed by atoms with E-state index in [0.717, 1.165) is 17.1 Å². The predicted octanol–water partition coefficient (Wildman–Crippen LogP) is 16.0. The Bertz CT molecular complexity index is 2850. The van der Waals surface area contributed by atoms with E-state index in [2.05, 4.69) is 209 Å². The van der Waals surface area contributed by atoms with Crippen molar-refractivity contribution in [2.45, 2.75) is 51.4 Å². The summed E-state index contributed by atoms with van der Waals surface area (Å²) in [6.45, 7) is 9.73. The minimum Gasteiger partial charge on any atom is -0.308 e. The molecule has 272 valence electrons. The highest BCUT2D eigenvalue weighted by Gasteiger charge is 2.37. The van der Waals surface area contributed by atoms with Crippen molar-refractivity contribution in [1.29, 1.82) is 0 Å². The van der Waals surface area contributed by atoms with Gasteiger partial charge in [0.25, 0.3) is 0 Å². The zero-order valence-electron chi connectivity index (χ0n) is 32.5. The molecule has 0 radical (unpaired) electrons. The number of thiophene rings is 1. The summed E-state index contributed by atoms with van der Waals surface area (Å²) in [6.07, 6.45) is 2.42. The Labute approximate surface area is 334 Å². The van der Waals surface area contributed by atoms with E-state index in [0.29, 0.717) is 0 Å². The van der Waals surface area contributed by atoms with Crippen molar-refractivity contribution in [3.8, 4) is 33.4 Å². The molecule has 0 saturated carbocycles. The molecule has 1 aliphatic carbocycles. The second-order valence-corrected chi connectivity index (χ2v) is 17.8. The molecule has 1 aliphatic rings. The van der Waals surface area contributed by atoms with Crippen LogP contribution in [0, 0.1) is 0 Å². The Morgan fingerprint density at radius 2 is 0.929 bits per heavy atom. The van der Waals surface area contributed by atoms with E-state index < -0.39 is 0 Å². The van der Waals surface area contributed by atoms with Crippen LogP contribution in [0.1, 0.15) is 51.7 Å². The second-order valence-electron chi connectivity index (χ2n) is 16.7. The molecule has 56 heavy (non-hydrogen) atoms. The first-order valence-electron chi connectivity index (χ1n) is 19.9. The molecule has 2 heteroatoms. The molecule has 0 amide bonds. The molecule has 0 spiro atoms. The Hall–Kier alpha value is -5.96. The van der Waals surface area contributed by atoms with Crippen molar-refractivity contribution >= 4 is 59.3 Å². The molecule has 1 nitrogen and oxygen atoms in total. The molecule has 1 aromatic heterocycles. The molecule has 8 aromatic carbocycles. The number of nitrogens with zero attached hydrogens (tertiary/aromatic N) is 1. The molecule has 0 atom stereocenters. The number of hydrogen-bond donors (Lipinski definition) is 0. The van der Waals surface area contributed by atoms with Gasteiger partial charge < -0.3 is 4.90 Å². The van der Waals surface area contributed by atoms with Crippen LogP contribution in [0.2, 0.25) is 0 Å². The van der Waals surface area contributed by atoms with Crippen LogP contribution in [-0.4, -0.2) is 0 Å². The minimum atomic E-state index is 0.152. The van der Waals surface area contributed by atoms with E-state index in [1.807, 2.05) is 11.3 Å². The number of rotatable bonds is 6. The Morgan fingerprint density at radius 3 is 1.64 bits per heavy atom. The van der Waals surface area contributed by atoms with Crippen molar-refractivity contribution in [3.05, 3.63) is 187 Å². The lowest BCUT2D eigenvalue weighted by Crippen LogP contribution is -2.33. The van der Waals surface area contributed by atoms with Crippen molar-refractivity contribution in [3.63, 3.8) is 0 Å². The number of anilines is 3. The highest BCUT2D eigenvalue weighted by atomic mass is 32.1.